The Morgan fingerprint density at radius 2 is 0.976 bits per heavy atom. The Morgan fingerprint density at radius 3 is 1.29 bits per heavy atom. The second-order valence-corrected chi connectivity index (χ2v) is 17.9. The molecule has 2 aromatic heterocycles. The van der Waals surface area contributed by atoms with Crippen molar-refractivity contribution in [1.82, 2.24) is 9.80 Å². The van der Waals surface area contributed by atoms with E-state index in [0.717, 1.165) is 54.4 Å². The number of halogens is 2. The molecule has 0 aliphatic carbocycles. The van der Waals surface area contributed by atoms with E-state index in [1.165, 1.54) is 25.7 Å². The highest BCUT2D eigenvalue weighted by atomic mass is 79.9. The minimum atomic E-state index is -0.0285. The lowest BCUT2D eigenvalue weighted by molar-refractivity contribution is -0.124. The molecule has 0 spiro atoms. The van der Waals surface area contributed by atoms with Crippen molar-refractivity contribution in [2.45, 2.75) is 92.9 Å². The summed E-state index contributed by atoms with van der Waals surface area (Å²) in [6.45, 7) is 14.9. The highest BCUT2D eigenvalue weighted by Crippen LogP contribution is 2.49. The number of hydrogen-bond acceptors (Lipinski definition) is 4. The Kier molecular flexibility index (Phi) is 12.2. The van der Waals surface area contributed by atoms with E-state index in [-0.39, 0.29) is 11.8 Å². The van der Waals surface area contributed by atoms with Crippen LogP contribution >= 0.6 is 54.5 Å². The molecule has 2 amide bonds. The first-order valence-corrected chi connectivity index (χ1v) is 18.8. The summed E-state index contributed by atoms with van der Waals surface area (Å²) in [4.78, 5) is 34.5. The predicted octanol–water partition coefficient (Wildman–Crippen LogP) is 10.8. The van der Waals surface area contributed by atoms with Crippen molar-refractivity contribution < 1.29 is 9.59 Å². The van der Waals surface area contributed by atoms with Crippen LogP contribution in [0.5, 0.6) is 0 Å². The smallest absolute Gasteiger partial charge is 0.261 e. The maximum atomic E-state index is 14.4. The van der Waals surface area contributed by atoms with Crippen molar-refractivity contribution in [1.29, 1.82) is 0 Å². The van der Waals surface area contributed by atoms with E-state index < -0.39 is 0 Å². The average molecular weight is 739 g/mol. The fraction of sp³-hybridized carbons (Fsp3) is 0.588. The predicted molar refractivity (Wildman–Crippen MR) is 186 cm³/mol. The summed E-state index contributed by atoms with van der Waals surface area (Å²) in [6.07, 6.45) is 9.07. The highest BCUT2D eigenvalue weighted by Gasteiger charge is 2.49. The van der Waals surface area contributed by atoms with Crippen molar-refractivity contribution in [3.63, 3.8) is 0 Å². The van der Waals surface area contributed by atoms with Crippen LogP contribution in [0, 0.1) is 23.7 Å². The number of fused-ring (bicyclic) bond motifs is 1. The van der Waals surface area contributed by atoms with E-state index in [2.05, 4.69) is 73.4 Å². The van der Waals surface area contributed by atoms with Gasteiger partial charge >= 0.3 is 0 Å². The lowest BCUT2D eigenvalue weighted by atomic mass is 9.97. The molecule has 0 aromatic carbocycles. The Labute approximate surface area is 277 Å². The molecule has 0 bridgehead atoms. The summed E-state index contributed by atoms with van der Waals surface area (Å²) in [5, 5.41) is 0. The van der Waals surface area contributed by atoms with Gasteiger partial charge in [0.1, 0.15) is 0 Å². The van der Waals surface area contributed by atoms with Crippen molar-refractivity contribution in [3.05, 3.63) is 52.7 Å². The number of amides is 2. The summed E-state index contributed by atoms with van der Waals surface area (Å²) >= 11 is 10.4. The average Bonchev–Trinajstić information content (AvgIpc) is 3.66. The highest BCUT2D eigenvalue weighted by molar-refractivity contribution is 9.11. The topological polar surface area (TPSA) is 40.6 Å². The summed E-state index contributed by atoms with van der Waals surface area (Å²) in [5.41, 5.74) is 2.78. The van der Waals surface area contributed by atoms with Crippen molar-refractivity contribution in [3.8, 4) is 0 Å². The number of nitrogens with zero attached hydrogens (tertiary/aromatic N) is 2. The molecule has 0 saturated carbocycles. The van der Waals surface area contributed by atoms with Gasteiger partial charge < -0.3 is 9.80 Å². The minimum absolute atomic E-state index is 0.0285. The van der Waals surface area contributed by atoms with E-state index in [4.69, 9.17) is 0 Å². The molecule has 4 heterocycles. The summed E-state index contributed by atoms with van der Waals surface area (Å²) in [6, 6.07) is 8.11. The molecule has 2 aromatic rings. The van der Waals surface area contributed by atoms with Crippen molar-refractivity contribution >= 4 is 77.7 Å². The van der Waals surface area contributed by atoms with Crippen LogP contribution in [0.2, 0.25) is 0 Å². The second kappa shape index (κ2) is 15.2. The van der Waals surface area contributed by atoms with Gasteiger partial charge in [0.2, 0.25) is 0 Å². The fourth-order valence-electron chi connectivity index (χ4n) is 5.96. The maximum absolute atomic E-state index is 14.4. The van der Waals surface area contributed by atoms with Gasteiger partial charge in [-0.05, 0) is 92.6 Å². The lowest BCUT2D eigenvalue weighted by Gasteiger charge is -2.26. The molecule has 2 unspecified atom stereocenters. The first kappa shape index (κ1) is 33.7. The summed E-state index contributed by atoms with van der Waals surface area (Å²) < 4.78 is 2.00. The third-order valence-corrected chi connectivity index (χ3v) is 11.7. The number of carbonyl (C=O) groups is 2. The van der Waals surface area contributed by atoms with Crippen LogP contribution in [0.1, 0.15) is 103 Å². The van der Waals surface area contributed by atoms with Crippen LogP contribution in [0.15, 0.2) is 43.0 Å². The largest absolute Gasteiger partial charge is 0.306 e. The molecule has 0 N–H and O–H groups in total. The van der Waals surface area contributed by atoms with Crippen LogP contribution in [0.3, 0.4) is 0 Å². The van der Waals surface area contributed by atoms with E-state index in [1.54, 1.807) is 22.7 Å². The molecule has 0 saturated heterocycles. The van der Waals surface area contributed by atoms with Gasteiger partial charge in [-0.25, -0.2) is 0 Å². The van der Waals surface area contributed by atoms with Crippen molar-refractivity contribution in [2.24, 2.45) is 23.7 Å². The zero-order chi connectivity index (χ0) is 30.6. The van der Waals surface area contributed by atoms with Gasteiger partial charge in [0.15, 0.2) is 0 Å². The van der Waals surface area contributed by atoms with Crippen LogP contribution in [-0.4, -0.2) is 34.7 Å². The lowest BCUT2D eigenvalue weighted by Crippen LogP contribution is -2.31. The molecule has 2 aliphatic rings. The second-order valence-electron chi connectivity index (χ2n) is 13.0. The molecule has 4 nitrogen and oxygen atoms in total. The van der Waals surface area contributed by atoms with Gasteiger partial charge in [0.05, 0.1) is 39.9 Å². The molecule has 2 atom stereocenters. The fourth-order valence-corrected chi connectivity index (χ4v) is 8.85. The van der Waals surface area contributed by atoms with Gasteiger partial charge in [-0.3, -0.25) is 9.59 Å². The molecule has 2 aliphatic heterocycles. The van der Waals surface area contributed by atoms with Gasteiger partial charge in [-0.15, -0.1) is 22.7 Å². The molecule has 0 radical (unpaired) electrons. The molecule has 4 rings (SSSR count). The standard InChI is InChI=1S/C34H46Br2N2O2S2/c1-21(2)9-7-11-23(5)17-19-37-31(25-13-15-27(35)41-25)29-30(33(37)39)32(26-14-16-28(36)42-26)38(34(29)40)20-18-24(6)12-8-10-22(3)4/h13-16,21-24H,7-12,17-20H2,1-6H3. The molecule has 0 fully saturated rings. The Hall–Kier alpha value is -1.22. The molecule has 8 heteroatoms. The number of thiophene rings is 2. The third-order valence-electron chi connectivity index (χ3n) is 8.44. The van der Waals surface area contributed by atoms with Gasteiger partial charge in [0, 0.05) is 13.1 Å². The van der Waals surface area contributed by atoms with Gasteiger partial charge in [-0.2, -0.15) is 0 Å². The van der Waals surface area contributed by atoms with Crippen LogP contribution in [0.25, 0.3) is 11.4 Å². The number of hydrogen-bond donors (Lipinski definition) is 0. The van der Waals surface area contributed by atoms with Gasteiger partial charge in [0.25, 0.3) is 11.8 Å². The minimum Gasteiger partial charge on any atom is -0.306 e. The summed E-state index contributed by atoms with van der Waals surface area (Å²) in [5.74, 6) is 2.40. The zero-order valence-corrected chi connectivity index (χ0v) is 30.8. The van der Waals surface area contributed by atoms with E-state index in [0.29, 0.717) is 47.9 Å². The van der Waals surface area contributed by atoms with Crippen LogP contribution in [-0.2, 0) is 9.59 Å². The quantitative estimate of drug-likeness (QED) is 0.172. The van der Waals surface area contributed by atoms with Crippen molar-refractivity contribution in [2.75, 3.05) is 13.1 Å². The van der Waals surface area contributed by atoms with E-state index >= 15 is 0 Å². The SMILES string of the molecule is CC(C)CCCC(C)CCN1C(=O)C2=C(c3ccc(Br)s3)N(CCC(C)CCCC(C)C)C(=O)C2=C1c1ccc(Br)s1. The molecule has 230 valence electrons. The molecular formula is C34H46Br2N2O2S2. The van der Waals surface area contributed by atoms with Crippen LogP contribution in [0.4, 0.5) is 0 Å². The van der Waals surface area contributed by atoms with E-state index in [1.807, 2.05) is 34.1 Å². The number of carbonyl (C=O) groups excluding carboxylic acids is 2. The Morgan fingerprint density at radius 1 is 0.595 bits per heavy atom. The third kappa shape index (κ3) is 8.08. The normalized spacial score (nSPS) is 17.1. The monoisotopic (exact) mass is 736 g/mol. The zero-order valence-electron chi connectivity index (χ0n) is 26.0. The summed E-state index contributed by atoms with van der Waals surface area (Å²) in [7, 11) is 0. The molecular weight excluding hydrogens is 692 g/mol. The van der Waals surface area contributed by atoms with E-state index in [9.17, 15) is 9.59 Å². The maximum Gasteiger partial charge on any atom is 0.261 e. The molecule has 42 heavy (non-hydrogen) atoms. The first-order valence-electron chi connectivity index (χ1n) is 15.6. The van der Waals surface area contributed by atoms with Gasteiger partial charge in [-0.1, -0.05) is 80.1 Å². The first-order chi connectivity index (χ1) is 20.0. The van der Waals surface area contributed by atoms with Crippen LogP contribution < -0.4 is 0 Å². The Balaban J connectivity index is 1.66. The Bertz CT molecular complexity index is 1220. The number of rotatable bonds is 16.